The highest BCUT2D eigenvalue weighted by molar-refractivity contribution is 6.15. The molecular formula is C25H21NO6. The van der Waals surface area contributed by atoms with E-state index in [1.165, 1.54) is 24.3 Å². The van der Waals surface area contributed by atoms with Gasteiger partial charge < -0.3 is 19.2 Å². The van der Waals surface area contributed by atoms with Crippen molar-refractivity contribution in [2.75, 3.05) is 13.7 Å². The number of esters is 1. The first kappa shape index (κ1) is 21.1. The molecule has 0 saturated carbocycles. The van der Waals surface area contributed by atoms with E-state index in [1.807, 2.05) is 30.3 Å². The fourth-order valence-electron chi connectivity index (χ4n) is 3.82. The van der Waals surface area contributed by atoms with E-state index in [0.717, 1.165) is 5.56 Å². The van der Waals surface area contributed by atoms with Gasteiger partial charge in [-0.2, -0.15) is 0 Å². The van der Waals surface area contributed by atoms with Crippen molar-refractivity contribution in [2.24, 2.45) is 0 Å². The molecule has 3 aromatic rings. The van der Waals surface area contributed by atoms with Crippen LogP contribution in [0, 0.1) is 0 Å². The fourth-order valence-corrected chi connectivity index (χ4v) is 3.82. The lowest BCUT2D eigenvalue weighted by atomic mass is 9.94. The van der Waals surface area contributed by atoms with E-state index in [2.05, 4.69) is 0 Å². The SMILES string of the molecule is COC(=O)c1ccc([C@H]2C(C(=O)c3ccco3)=C(O)C(=O)N2CCc2ccccc2)cc1. The van der Waals surface area contributed by atoms with Gasteiger partial charge in [-0.25, -0.2) is 4.79 Å². The number of amides is 1. The van der Waals surface area contributed by atoms with Crippen LogP contribution in [0.25, 0.3) is 0 Å². The highest BCUT2D eigenvalue weighted by Gasteiger charge is 2.44. The highest BCUT2D eigenvalue weighted by Crippen LogP contribution is 2.39. The molecule has 1 aliphatic rings. The van der Waals surface area contributed by atoms with E-state index in [0.29, 0.717) is 17.5 Å². The second-order valence-corrected chi connectivity index (χ2v) is 7.32. The Morgan fingerprint density at radius 1 is 1.03 bits per heavy atom. The van der Waals surface area contributed by atoms with Gasteiger partial charge in [0, 0.05) is 6.54 Å². The van der Waals surface area contributed by atoms with E-state index in [-0.39, 0.29) is 17.9 Å². The molecule has 0 fully saturated rings. The molecule has 0 spiro atoms. The third-order valence-corrected chi connectivity index (χ3v) is 5.42. The predicted octanol–water partition coefficient (Wildman–Crippen LogP) is 3.89. The van der Waals surface area contributed by atoms with Crippen molar-refractivity contribution in [2.45, 2.75) is 12.5 Å². The normalized spacial score (nSPS) is 15.8. The molecule has 1 aromatic heterocycles. The Labute approximate surface area is 184 Å². The maximum Gasteiger partial charge on any atom is 0.337 e. The topological polar surface area (TPSA) is 97.0 Å². The fraction of sp³-hybridized carbons (Fsp3) is 0.160. The number of hydrogen-bond acceptors (Lipinski definition) is 6. The zero-order valence-electron chi connectivity index (χ0n) is 17.4. The molecular weight excluding hydrogens is 410 g/mol. The van der Waals surface area contributed by atoms with E-state index < -0.39 is 29.5 Å². The number of benzene rings is 2. The summed E-state index contributed by atoms with van der Waals surface area (Å²) < 4.78 is 9.95. The zero-order valence-corrected chi connectivity index (χ0v) is 17.4. The van der Waals surface area contributed by atoms with Crippen LogP contribution in [0.4, 0.5) is 0 Å². The van der Waals surface area contributed by atoms with Crippen LogP contribution in [0.1, 0.15) is 38.1 Å². The molecule has 4 rings (SSSR count). The minimum atomic E-state index is -0.824. The van der Waals surface area contributed by atoms with Gasteiger partial charge in [-0.1, -0.05) is 42.5 Å². The Hall–Kier alpha value is -4.13. The van der Waals surface area contributed by atoms with Crippen LogP contribution in [0.2, 0.25) is 0 Å². The predicted molar refractivity (Wildman–Crippen MR) is 115 cm³/mol. The largest absolute Gasteiger partial charge is 0.503 e. The van der Waals surface area contributed by atoms with E-state index in [9.17, 15) is 19.5 Å². The van der Waals surface area contributed by atoms with Crippen molar-refractivity contribution >= 4 is 17.7 Å². The maximum absolute atomic E-state index is 13.1. The summed E-state index contributed by atoms with van der Waals surface area (Å²) in [6, 6.07) is 18.3. The molecule has 0 bridgehead atoms. The lowest BCUT2D eigenvalue weighted by molar-refractivity contribution is -0.129. The first-order valence-corrected chi connectivity index (χ1v) is 10.1. The van der Waals surface area contributed by atoms with Crippen LogP contribution >= 0.6 is 0 Å². The van der Waals surface area contributed by atoms with Gasteiger partial charge in [0.25, 0.3) is 5.91 Å². The summed E-state index contributed by atoms with van der Waals surface area (Å²) in [7, 11) is 1.29. The van der Waals surface area contributed by atoms with Crippen molar-refractivity contribution in [3.8, 4) is 0 Å². The van der Waals surface area contributed by atoms with Crippen LogP contribution < -0.4 is 0 Å². The average Bonchev–Trinajstić information content (AvgIpc) is 3.45. The van der Waals surface area contributed by atoms with Gasteiger partial charge in [0.05, 0.1) is 30.6 Å². The monoisotopic (exact) mass is 431 g/mol. The van der Waals surface area contributed by atoms with Crippen molar-refractivity contribution in [1.29, 1.82) is 0 Å². The first-order valence-electron chi connectivity index (χ1n) is 10.1. The van der Waals surface area contributed by atoms with Crippen molar-refractivity contribution < 1.29 is 28.6 Å². The van der Waals surface area contributed by atoms with E-state index in [1.54, 1.807) is 30.3 Å². The summed E-state index contributed by atoms with van der Waals surface area (Å²) >= 11 is 0. The number of hydrogen-bond donors (Lipinski definition) is 1. The number of methoxy groups -OCH3 is 1. The van der Waals surface area contributed by atoms with Crippen LogP contribution in [-0.2, 0) is 16.0 Å². The first-order chi connectivity index (χ1) is 15.5. The number of aliphatic hydroxyl groups is 1. The number of ketones is 1. The van der Waals surface area contributed by atoms with Gasteiger partial charge in [0.1, 0.15) is 0 Å². The summed E-state index contributed by atoms with van der Waals surface area (Å²) in [5.41, 5.74) is 1.88. The molecule has 7 nitrogen and oxygen atoms in total. The molecule has 0 aliphatic carbocycles. The average molecular weight is 431 g/mol. The summed E-state index contributed by atoms with van der Waals surface area (Å²) in [6.07, 6.45) is 1.90. The van der Waals surface area contributed by atoms with Crippen LogP contribution in [-0.4, -0.2) is 41.3 Å². The summed E-state index contributed by atoms with van der Waals surface area (Å²) in [4.78, 5) is 39.4. The Balaban J connectivity index is 1.71. The molecule has 1 atom stereocenters. The molecule has 0 radical (unpaired) electrons. The van der Waals surface area contributed by atoms with Gasteiger partial charge >= 0.3 is 5.97 Å². The van der Waals surface area contributed by atoms with E-state index in [4.69, 9.17) is 9.15 Å². The molecule has 0 saturated heterocycles. The molecule has 2 aromatic carbocycles. The summed E-state index contributed by atoms with van der Waals surface area (Å²) in [6.45, 7) is 0.283. The minimum absolute atomic E-state index is 0.0282. The number of ether oxygens (including phenoxy) is 1. The zero-order chi connectivity index (χ0) is 22.7. The quantitative estimate of drug-likeness (QED) is 0.450. The maximum atomic E-state index is 13.1. The molecule has 0 unspecified atom stereocenters. The Kier molecular flexibility index (Phi) is 5.89. The van der Waals surface area contributed by atoms with Crippen LogP contribution in [0.15, 0.2) is 88.7 Å². The molecule has 1 N–H and O–H groups in total. The molecule has 32 heavy (non-hydrogen) atoms. The standard InChI is InChI=1S/C25H21NO6/c1-31-25(30)18-11-9-17(10-12-18)21-20(22(27)19-8-5-15-32-19)23(28)24(29)26(21)14-13-16-6-3-2-4-7-16/h2-12,15,21,28H,13-14H2,1H3/t21-/m0/s1. The Bertz CT molecular complexity index is 1160. The number of nitrogens with zero attached hydrogens (tertiary/aromatic N) is 1. The molecule has 1 aliphatic heterocycles. The van der Waals surface area contributed by atoms with Gasteiger partial charge in [-0.15, -0.1) is 0 Å². The van der Waals surface area contributed by atoms with Crippen molar-refractivity contribution in [3.05, 3.63) is 107 Å². The van der Waals surface area contributed by atoms with Gasteiger partial charge in [-0.05, 0) is 41.8 Å². The number of carbonyl (C=O) groups excluding carboxylic acids is 3. The number of rotatable bonds is 7. The van der Waals surface area contributed by atoms with Gasteiger partial charge in [0.2, 0.25) is 5.78 Å². The third kappa shape index (κ3) is 3.92. The molecule has 7 heteroatoms. The second-order valence-electron chi connectivity index (χ2n) is 7.32. The van der Waals surface area contributed by atoms with Crippen LogP contribution in [0.3, 0.4) is 0 Å². The van der Waals surface area contributed by atoms with Crippen molar-refractivity contribution in [3.63, 3.8) is 0 Å². The van der Waals surface area contributed by atoms with Crippen molar-refractivity contribution in [1.82, 2.24) is 4.90 Å². The smallest absolute Gasteiger partial charge is 0.337 e. The van der Waals surface area contributed by atoms with Gasteiger partial charge in [-0.3, -0.25) is 9.59 Å². The molecule has 1 amide bonds. The van der Waals surface area contributed by atoms with Gasteiger partial charge in [0.15, 0.2) is 11.5 Å². The molecule has 2 heterocycles. The summed E-state index contributed by atoms with van der Waals surface area (Å²) in [5, 5.41) is 10.7. The number of furan rings is 1. The lowest BCUT2D eigenvalue weighted by Crippen LogP contribution is -2.33. The number of carbonyl (C=O) groups is 3. The Morgan fingerprint density at radius 2 is 1.75 bits per heavy atom. The number of Topliss-reactive ketones (excluding diaryl/α,β-unsaturated/α-hetero) is 1. The lowest BCUT2D eigenvalue weighted by Gasteiger charge is -2.27. The van der Waals surface area contributed by atoms with Crippen LogP contribution in [0.5, 0.6) is 0 Å². The third-order valence-electron chi connectivity index (χ3n) is 5.42. The molecule has 162 valence electrons. The minimum Gasteiger partial charge on any atom is -0.503 e. The van der Waals surface area contributed by atoms with E-state index >= 15 is 0 Å². The second kappa shape index (κ2) is 8.93. The Morgan fingerprint density at radius 3 is 2.38 bits per heavy atom. The highest BCUT2D eigenvalue weighted by atomic mass is 16.5. The number of aliphatic hydroxyl groups excluding tert-OH is 1. The summed E-state index contributed by atoms with van der Waals surface area (Å²) in [5.74, 6) is -2.25.